The minimum Gasteiger partial charge on any atom is -0.455 e. The van der Waals surface area contributed by atoms with E-state index in [4.69, 9.17) is 9.26 Å². The molecule has 2 aromatic carbocycles. The highest BCUT2D eigenvalue weighted by Crippen LogP contribution is 2.30. The second kappa shape index (κ2) is 7.57. The molecule has 4 rings (SSSR count). The second-order valence-corrected chi connectivity index (χ2v) is 5.75. The molecule has 0 unspecified atom stereocenters. The normalized spacial score (nSPS) is 10.4. The van der Waals surface area contributed by atoms with Crippen LogP contribution in [0.15, 0.2) is 77.4 Å². The standard InChI is InChI=1S/C20H17N5O2/c1-14-13-19(25-27-14)23-18-11-12-21-20(24-18)22-16-9-5-6-10-17(16)26-15-7-3-2-4-8-15/h2-13H,1H3,(H2,21,22,23,24,25). The van der Waals surface area contributed by atoms with Crippen LogP contribution in [-0.2, 0) is 0 Å². The highest BCUT2D eigenvalue weighted by molar-refractivity contribution is 5.64. The lowest BCUT2D eigenvalue weighted by atomic mass is 10.3. The molecular formula is C20H17N5O2. The van der Waals surface area contributed by atoms with Gasteiger partial charge in [0.15, 0.2) is 11.6 Å². The summed E-state index contributed by atoms with van der Waals surface area (Å²) in [5.41, 5.74) is 0.760. The summed E-state index contributed by atoms with van der Waals surface area (Å²) in [6.45, 7) is 1.83. The van der Waals surface area contributed by atoms with Crippen molar-refractivity contribution in [3.05, 3.63) is 78.7 Å². The van der Waals surface area contributed by atoms with E-state index in [0.717, 1.165) is 17.2 Å². The molecule has 0 bridgehead atoms. The average molecular weight is 359 g/mol. The Morgan fingerprint density at radius 3 is 2.52 bits per heavy atom. The molecule has 27 heavy (non-hydrogen) atoms. The van der Waals surface area contributed by atoms with Gasteiger partial charge < -0.3 is 19.9 Å². The Kier molecular flexibility index (Phi) is 4.65. The van der Waals surface area contributed by atoms with Crippen molar-refractivity contribution in [3.63, 3.8) is 0 Å². The molecule has 7 nitrogen and oxygen atoms in total. The van der Waals surface area contributed by atoms with E-state index >= 15 is 0 Å². The molecule has 0 spiro atoms. The summed E-state index contributed by atoms with van der Waals surface area (Å²) in [5.74, 6) is 3.77. The van der Waals surface area contributed by atoms with Gasteiger partial charge in [0.2, 0.25) is 5.95 Å². The number of nitrogens with zero attached hydrogens (tertiary/aromatic N) is 3. The predicted molar refractivity (Wildman–Crippen MR) is 103 cm³/mol. The average Bonchev–Trinajstić information content (AvgIpc) is 3.09. The van der Waals surface area contributed by atoms with E-state index in [1.54, 1.807) is 18.3 Å². The Hall–Kier alpha value is -3.87. The van der Waals surface area contributed by atoms with Crippen LogP contribution in [0.3, 0.4) is 0 Å². The van der Waals surface area contributed by atoms with Gasteiger partial charge >= 0.3 is 0 Å². The number of nitrogens with one attached hydrogen (secondary N) is 2. The van der Waals surface area contributed by atoms with Crippen LogP contribution in [0.25, 0.3) is 0 Å². The zero-order valence-electron chi connectivity index (χ0n) is 14.6. The van der Waals surface area contributed by atoms with Crippen LogP contribution in [0.1, 0.15) is 5.76 Å². The maximum Gasteiger partial charge on any atom is 0.229 e. The number of aryl methyl sites for hydroxylation is 1. The van der Waals surface area contributed by atoms with Crippen LogP contribution < -0.4 is 15.4 Å². The van der Waals surface area contributed by atoms with E-state index in [1.165, 1.54) is 0 Å². The number of anilines is 4. The van der Waals surface area contributed by atoms with Crippen molar-refractivity contribution in [2.45, 2.75) is 6.92 Å². The zero-order valence-corrected chi connectivity index (χ0v) is 14.6. The molecule has 4 aromatic rings. The number of rotatable bonds is 6. The van der Waals surface area contributed by atoms with Gasteiger partial charge in [-0.25, -0.2) is 4.98 Å². The third kappa shape index (κ3) is 4.21. The minimum absolute atomic E-state index is 0.435. The molecule has 0 fully saturated rings. The molecule has 0 aliphatic carbocycles. The predicted octanol–water partition coefficient (Wildman–Crippen LogP) is 5.05. The number of hydrogen-bond donors (Lipinski definition) is 2. The van der Waals surface area contributed by atoms with Gasteiger partial charge in [0.1, 0.15) is 17.3 Å². The fourth-order valence-corrected chi connectivity index (χ4v) is 2.44. The van der Waals surface area contributed by atoms with Crippen molar-refractivity contribution in [1.82, 2.24) is 15.1 Å². The topological polar surface area (TPSA) is 85.1 Å². The first-order valence-electron chi connectivity index (χ1n) is 8.38. The van der Waals surface area contributed by atoms with Gasteiger partial charge in [-0.1, -0.05) is 35.5 Å². The minimum atomic E-state index is 0.435. The molecule has 7 heteroatoms. The molecule has 2 aromatic heterocycles. The van der Waals surface area contributed by atoms with E-state index in [0.29, 0.717) is 23.3 Å². The lowest BCUT2D eigenvalue weighted by molar-refractivity contribution is 0.400. The van der Waals surface area contributed by atoms with E-state index in [1.807, 2.05) is 61.5 Å². The fourth-order valence-electron chi connectivity index (χ4n) is 2.44. The number of para-hydroxylation sites is 3. The van der Waals surface area contributed by atoms with Crippen molar-refractivity contribution >= 4 is 23.3 Å². The molecule has 0 aliphatic heterocycles. The number of benzene rings is 2. The number of aromatic nitrogens is 3. The molecule has 2 heterocycles. The van der Waals surface area contributed by atoms with Crippen molar-refractivity contribution in [2.75, 3.05) is 10.6 Å². The lowest BCUT2D eigenvalue weighted by Crippen LogP contribution is -2.01. The highest BCUT2D eigenvalue weighted by Gasteiger charge is 2.08. The van der Waals surface area contributed by atoms with E-state index < -0.39 is 0 Å². The summed E-state index contributed by atoms with van der Waals surface area (Å²) in [4.78, 5) is 8.72. The third-order valence-corrected chi connectivity index (χ3v) is 3.64. The van der Waals surface area contributed by atoms with Crippen LogP contribution in [-0.4, -0.2) is 15.1 Å². The Balaban J connectivity index is 1.53. The largest absolute Gasteiger partial charge is 0.455 e. The van der Waals surface area contributed by atoms with Crippen LogP contribution in [0.4, 0.5) is 23.3 Å². The quantitative estimate of drug-likeness (QED) is 0.498. The summed E-state index contributed by atoms with van der Waals surface area (Å²) in [5, 5.41) is 10.2. The SMILES string of the molecule is Cc1cc(Nc2ccnc(Nc3ccccc3Oc3ccccc3)n2)no1. The van der Waals surface area contributed by atoms with Crippen LogP contribution in [0, 0.1) is 6.92 Å². The van der Waals surface area contributed by atoms with E-state index in [2.05, 4.69) is 25.8 Å². The van der Waals surface area contributed by atoms with Gasteiger partial charge in [-0.15, -0.1) is 0 Å². The fraction of sp³-hybridized carbons (Fsp3) is 0.0500. The van der Waals surface area contributed by atoms with E-state index in [9.17, 15) is 0 Å². The molecule has 0 atom stereocenters. The first kappa shape index (κ1) is 16.6. The van der Waals surface area contributed by atoms with Crippen molar-refractivity contribution in [1.29, 1.82) is 0 Å². The summed E-state index contributed by atoms with van der Waals surface area (Å²) in [6, 6.07) is 20.8. The smallest absolute Gasteiger partial charge is 0.229 e. The highest BCUT2D eigenvalue weighted by atomic mass is 16.5. The molecule has 2 N–H and O–H groups in total. The number of hydrogen-bond acceptors (Lipinski definition) is 7. The Bertz CT molecular complexity index is 1030. The molecule has 134 valence electrons. The third-order valence-electron chi connectivity index (χ3n) is 3.64. The Morgan fingerprint density at radius 2 is 1.70 bits per heavy atom. The summed E-state index contributed by atoms with van der Waals surface area (Å²) >= 11 is 0. The van der Waals surface area contributed by atoms with Gasteiger partial charge in [-0.3, -0.25) is 0 Å². The zero-order chi connectivity index (χ0) is 18.5. The molecule has 0 radical (unpaired) electrons. The first-order chi connectivity index (χ1) is 13.3. The van der Waals surface area contributed by atoms with Gasteiger partial charge in [0.25, 0.3) is 0 Å². The molecular weight excluding hydrogens is 342 g/mol. The lowest BCUT2D eigenvalue weighted by Gasteiger charge is -2.12. The monoisotopic (exact) mass is 359 g/mol. The van der Waals surface area contributed by atoms with Gasteiger partial charge in [0.05, 0.1) is 5.69 Å². The van der Waals surface area contributed by atoms with Crippen molar-refractivity contribution < 1.29 is 9.26 Å². The van der Waals surface area contributed by atoms with Gasteiger partial charge in [-0.05, 0) is 37.3 Å². The summed E-state index contributed by atoms with van der Waals surface area (Å²) in [7, 11) is 0. The van der Waals surface area contributed by atoms with Gasteiger partial charge in [0, 0.05) is 12.3 Å². The van der Waals surface area contributed by atoms with E-state index in [-0.39, 0.29) is 0 Å². The maximum atomic E-state index is 5.95. The Labute approximate surface area is 156 Å². The first-order valence-corrected chi connectivity index (χ1v) is 8.38. The summed E-state index contributed by atoms with van der Waals surface area (Å²) < 4.78 is 11.0. The molecule has 0 saturated heterocycles. The summed E-state index contributed by atoms with van der Waals surface area (Å²) in [6.07, 6.45) is 1.66. The second-order valence-electron chi connectivity index (χ2n) is 5.75. The van der Waals surface area contributed by atoms with Crippen molar-refractivity contribution in [3.8, 4) is 11.5 Å². The van der Waals surface area contributed by atoms with Crippen molar-refractivity contribution in [2.24, 2.45) is 0 Å². The molecule has 0 amide bonds. The van der Waals surface area contributed by atoms with Gasteiger partial charge in [-0.2, -0.15) is 4.98 Å². The van der Waals surface area contributed by atoms with Crippen LogP contribution in [0.5, 0.6) is 11.5 Å². The maximum absolute atomic E-state index is 5.95. The van der Waals surface area contributed by atoms with Crippen LogP contribution in [0.2, 0.25) is 0 Å². The van der Waals surface area contributed by atoms with Crippen LogP contribution >= 0.6 is 0 Å². The molecule has 0 saturated carbocycles. The molecule has 0 aliphatic rings. The number of ether oxygens (including phenoxy) is 1. The Morgan fingerprint density at radius 1 is 0.889 bits per heavy atom.